The third kappa shape index (κ3) is 8.23. The Labute approximate surface area is 305 Å². The second-order valence-corrected chi connectivity index (χ2v) is 15.0. The van der Waals surface area contributed by atoms with Gasteiger partial charge in [-0.1, -0.05) is 78.9 Å². The minimum absolute atomic E-state index is 0.0137. The maximum atomic E-state index is 12.8. The predicted molar refractivity (Wildman–Crippen MR) is 199 cm³/mol. The van der Waals surface area contributed by atoms with Crippen molar-refractivity contribution in [1.82, 2.24) is 9.62 Å². The van der Waals surface area contributed by atoms with Crippen molar-refractivity contribution >= 4 is 10.0 Å². The maximum absolute atomic E-state index is 12.8. The van der Waals surface area contributed by atoms with Crippen molar-refractivity contribution in [2.24, 2.45) is 0 Å². The molecule has 2 aliphatic rings. The molecule has 0 unspecified atom stereocenters. The molecule has 7 rings (SSSR count). The van der Waals surface area contributed by atoms with Crippen molar-refractivity contribution in [3.8, 4) is 22.6 Å². The summed E-state index contributed by atoms with van der Waals surface area (Å²) in [4.78, 5) is 2.67. The zero-order chi connectivity index (χ0) is 36.1. The van der Waals surface area contributed by atoms with E-state index >= 15 is 0 Å². The van der Waals surface area contributed by atoms with Gasteiger partial charge in [0, 0.05) is 38.2 Å². The van der Waals surface area contributed by atoms with Crippen LogP contribution in [0.2, 0.25) is 0 Å². The molecule has 1 saturated heterocycles. The van der Waals surface area contributed by atoms with Crippen LogP contribution >= 0.6 is 0 Å². The Morgan fingerprint density at radius 3 is 2.21 bits per heavy atom. The fourth-order valence-electron chi connectivity index (χ4n) is 7.01. The molecule has 0 aliphatic carbocycles. The summed E-state index contributed by atoms with van der Waals surface area (Å²) in [6, 6.07) is 36.5. The van der Waals surface area contributed by atoms with Gasteiger partial charge in [0.05, 0.1) is 37.9 Å². The van der Waals surface area contributed by atoms with Crippen LogP contribution in [0.15, 0.2) is 120 Å². The fraction of sp³-hybridized carbons (Fsp3) is 0.286. The van der Waals surface area contributed by atoms with Crippen molar-refractivity contribution < 1.29 is 32.5 Å². The van der Waals surface area contributed by atoms with E-state index in [1.165, 1.54) is 11.1 Å². The Balaban J connectivity index is 1.10. The number of sulfonamides is 1. The van der Waals surface area contributed by atoms with E-state index in [1.807, 2.05) is 66.7 Å². The standard InChI is InChI=1S/C42H44N2O7S/c1-48-40-22-34-18-19-44(26-36(34)23-41(40)49-2)27-37-24-39(31-16-14-29(28-45)15-17-31)51-42(50-37)35-11-7-10-33(21-35)32-9-6-8-30(20-32)25-43-52(46,47)38-12-4-3-5-13-38/h3-17,20-23,37,39,42-43,45H,18-19,24-28H2,1-2H3/t37-,39+,42+/m1/s1. The lowest BCUT2D eigenvalue weighted by atomic mass is 9.96. The van der Waals surface area contributed by atoms with Crippen LogP contribution in [0.1, 0.15) is 52.2 Å². The molecule has 270 valence electrons. The van der Waals surface area contributed by atoms with Crippen LogP contribution in [0, 0.1) is 0 Å². The Bertz CT molecular complexity index is 2090. The van der Waals surface area contributed by atoms with E-state index in [0.29, 0.717) is 6.42 Å². The fourth-order valence-corrected chi connectivity index (χ4v) is 8.04. The van der Waals surface area contributed by atoms with Gasteiger partial charge < -0.3 is 24.1 Å². The van der Waals surface area contributed by atoms with Crippen molar-refractivity contribution in [1.29, 1.82) is 0 Å². The molecule has 0 aromatic heterocycles. The number of fused-ring (bicyclic) bond motifs is 1. The number of hydrogen-bond donors (Lipinski definition) is 2. The second kappa shape index (κ2) is 16.0. The first-order valence-corrected chi connectivity index (χ1v) is 19.0. The molecule has 0 amide bonds. The molecule has 1 fully saturated rings. The monoisotopic (exact) mass is 720 g/mol. The summed E-state index contributed by atoms with van der Waals surface area (Å²) in [6.45, 7) is 2.57. The number of methoxy groups -OCH3 is 2. The molecule has 0 radical (unpaired) electrons. The van der Waals surface area contributed by atoms with Gasteiger partial charge in [-0.3, -0.25) is 4.90 Å². The quantitative estimate of drug-likeness (QED) is 0.143. The highest BCUT2D eigenvalue weighted by molar-refractivity contribution is 7.89. The Morgan fingerprint density at radius 2 is 1.48 bits per heavy atom. The van der Waals surface area contributed by atoms with Crippen LogP contribution in [0.25, 0.3) is 11.1 Å². The minimum Gasteiger partial charge on any atom is -0.493 e. The zero-order valence-electron chi connectivity index (χ0n) is 29.4. The van der Waals surface area contributed by atoms with Gasteiger partial charge in [-0.25, -0.2) is 13.1 Å². The van der Waals surface area contributed by atoms with Crippen molar-refractivity contribution in [2.75, 3.05) is 27.3 Å². The third-order valence-electron chi connectivity index (χ3n) is 9.81. The normalized spacial score (nSPS) is 19.2. The summed E-state index contributed by atoms with van der Waals surface area (Å²) in [5.41, 5.74) is 8.07. The average Bonchev–Trinajstić information content (AvgIpc) is 3.20. The van der Waals surface area contributed by atoms with Gasteiger partial charge in [0.15, 0.2) is 17.8 Å². The van der Waals surface area contributed by atoms with Gasteiger partial charge in [-0.15, -0.1) is 0 Å². The van der Waals surface area contributed by atoms with E-state index in [4.69, 9.17) is 18.9 Å². The largest absolute Gasteiger partial charge is 0.493 e. The topological polar surface area (TPSA) is 107 Å². The van der Waals surface area contributed by atoms with Gasteiger partial charge in [0.2, 0.25) is 10.0 Å². The highest BCUT2D eigenvalue weighted by Crippen LogP contribution is 2.40. The lowest BCUT2D eigenvalue weighted by Gasteiger charge is -2.39. The van der Waals surface area contributed by atoms with E-state index in [-0.39, 0.29) is 30.3 Å². The highest BCUT2D eigenvalue weighted by atomic mass is 32.2. The smallest absolute Gasteiger partial charge is 0.240 e. The first-order valence-electron chi connectivity index (χ1n) is 17.5. The number of aliphatic hydroxyl groups is 1. The number of rotatable bonds is 12. The van der Waals surface area contributed by atoms with Crippen molar-refractivity contribution in [3.63, 3.8) is 0 Å². The Kier molecular flexibility index (Phi) is 11.0. The molecule has 10 heteroatoms. The van der Waals surface area contributed by atoms with Crippen molar-refractivity contribution in [3.05, 3.63) is 149 Å². The van der Waals surface area contributed by atoms with Crippen LogP contribution in [0.4, 0.5) is 0 Å². The summed E-state index contributed by atoms with van der Waals surface area (Å²) in [5, 5.41) is 9.63. The molecular formula is C42H44N2O7S. The maximum Gasteiger partial charge on any atom is 0.240 e. The average molecular weight is 721 g/mol. The highest BCUT2D eigenvalue weighted by Gasteiger charge is 2.34. The van der Waals surface area contributed by atoms with Gasteiger partial charge >= 0.3 is 0 Å². The van der Waals surface area contributed by atoms with Gasteiger partial charge in [0.1, 0.15) is 0 Å². The Hall–Kier alpha value is -4.55. The number of benzene rings is 5. The lowest BCUT2D eigenvalue weighted by molar-refractivity contribution is -0.253. The summed E-state index contributed by atoms with van der Waals surface area (Å²) in [7, 11) is -0.307. The molecule has 52 heavy (non-hydrogen) atoms. The number of hydrogen-bond acceptors (Lipinski definition) is 8. The van der Waals surface area contributed by atoms with Crippen LogP contribution in [0.3, 0.4) is 0 Å². The first-order chi connectivity index (χ1) is 25.3. The van der Waals surface area contributed by atoms with Crippen LogP contribution in [0.5, 0.6) is 11.5 Å². The summed E-state index contributed by atoms with van der Waals surface area (Å²) in [5.74, 6) is 1.48. The summed E-state index contributed by atoms with van der Waals surface area (Å²) >= 11 is 0. The first kappa shape index (κ1) is 35.8. The minimum atomic E-state index is -3.64. The number of nitrogens with zero attached hydrogens (tertiary/aromatic N) is 1. The molecule has 0 saturated carbocycles. The van der Waals surface area contributed by atoms with E-state index < -0.39 is 16.3 Å². The molecule has 9 nitrogen and oxygen atoms in total. The van der Waals surface area contributed by atoms with E-state index in [1.54, 1.807) is 44.6 Å². The van der Waals surface area contributed by atoms with Crippen LogP contribution in [-0.2, 0) is 45.6 Å². The number of ether oxygens (including phenoxy) is 4. The second-order valence-electron chi connectivity index (χ2n) is 13.3. The van der Waals surface area contributed by atoms with Gasteiger partial charge in [0.25, 0.3) is 0 Å². The van der Waals surface area contributed by atoms with E-state index in [0.717, 1.165) is 70.9 Å². The number of aliphatic hydroxyl groups excluding tert-OH is 1. The van der Waals surface area contributed by atoms with E-state index in [9.17, 15) is 13.5 Å². The molecule has 5 aromatic carbocycles. The third-order valence-corrected chi connectivity index (χ3v) is 11.2. The number of nitrogens with one attached hydrogen (secondary N) is 1. The summed E-state index contributed by atoms with van der Waals surface area (Å²) < 4.78 is 53.0. The van der Waals surface area contributed by atoms with Gasteiger partial charge in [-0.2, -0.15) is 0 Å². The molecule has 2 N–H and O–H groups in total. The molecule has 0 spiro atoms. The van der Waals surface area contributed by atoms with Crippen molar-refractivity contribution in [2.45, 2.75) is 55.9 Å². The Morgan fingerprint density at radius 1 is 0.769 bits per heavy atom. The van der Waals surface area contributed by atoms with Crippen LogP contribution in [-0.4, -0.2) is 51.8 Å². The SMILES string of the molecule is COc1cc2c(cc1OC)CN(C[C@H]1C[C@@H](c3ccc(CO)cc3)O[C@@H](c3cccc(-c4cccc(CNS(=O)(=O)c5ccccc5)c4)c3)O1)CC2. The summed E-state index contributed by atoms with van der Waals surface area (Å²) in [6.07, 6.45) is 0.673. The molecule has 2 aliphatic heterocycles. The van der Waals surface area contributed by atoms with Crippen LogP contribution < -0.4 is 14.2 Å². The molecule has 2 heterocycles. The van der Waals surface area contributed by atoms with Gasteiger partial charge in [-0.05, 0) is 81.8 Å². The molecular weight excluding hydrogens is 677 g/mol. The molecule has 0 bridgehead atoms. The predicted octanol–water partition coefficient (Wildman–Crippen LogP) is 6.95. The lowest BCUT2D eigenvalue weighted by Crippen LogP contribution is -2.41. The zero-order valence-corrected chi connectivity index (χ0v) is 30.2. The molecule has 3 atom stereocenters. The van der Waals surface area contributed by atoms with E-state index in [2.05, 4.69) is 27.8 Å². The molecule has 5 aromatic rings.